The third-order valence-electron chi connectivity index (χ3n) is 5.51. The maximum absolute atomic E-state index is 13.5. The number of sulfonamides is 1. The largest absolute Gasteiger partial charge is 0.490 e. The number of carbonyl (C=O) groups excluding carboxylic acids is 1. The fraction of sp³-hybridized carbons (Fsp3) is 0.286. The number of amides is 1. The molecule has 0 atom stereocenters. The summed E-state index contributed by atoms with van der Waals surface area (Å²) in [4.78, 5) is 12.9. The number of nitrogens with zero attached hydrogens (tertiary/aromatic N) is 2. The van der Waals surface area contributed by atoms with E-state index in [-0.39, 0.29) is 11.4 Å². The first-order valence-electron chi connectivity index (χ1n) is 12.4. The Morgan fingerprint density at radius 2 is 1.69 bits per heavy atom. The van der Waals surface area contributed by atoms with E-state index in [1.165, 1.54) is 18.3 Å². The number of aryl methyl sites for hydroxylation is 1. The van der Waals surface area contributed by atoms with Gasteiger partial charge in [0, 0.05) is 22.2 Å². The van der Waals surface area contributed by atoms with Crippen molar-refractivity contribution >= 4 is 45.3 Å². The van der Waals surface area contributed by atoms with E-state index in [0.717, 1.165) is 16.3 Å². The van der Waals surface area contributed by atoms with Crippen molar-refractivity contribution in [3.05, 3.63) is 87.4 Å². The fourth-order valence-electron chi connectivity index (χ4n) is 3.52. The lowest BCUT2D eigenvalue weighted by atomic mass is 10.2. The number of hydrogen-bond acceptors (Lipinski definition) is 6. The zero-order chi connectivity index (χ0) is 28.4. The van der Waals surface area contributed by atoms with Gasteiger partial charge in [0.2, 0.25) is 10.0 Å². The molecule has 3 aromatic carbocycles. The molecule has 3 aromatic rings. The van der Waals surface area contributed by atoms with Crippen molar-refractivity contribution < 1.29 is 22.7 Å². The summed E-state index contributed by atoms with van der Waals surface area (Å²) in [5.74, 6) is 0.543. The van der Waals surface area contributed by atoms with Crippen molar-refractivity contribution in [1.82, 2.24) is 9.73 Å². The molecule has 0 saturated heterocycles. The maximum Gasteiger partial charge on any atom is 0.255 e. The van der Waals surface area contributed by atoms with Crippen molar-refractivity contribution in [3.63, 3.8) is 0 Å². The van der Waals surface area contributed by atoms with Crippen LogP contribution >= 0.6 is 23.2 Å². The van der Waals surface area contributed by atoms with Crippen LogP contribution < -0.4 is 14.9 Å². The summed E-state index contributed by atoms with van der Waals surface area (Å²) in [6.45, 7) is 6.04. The number of hydrogen-bond donors (Lipinski definition) is 1. The van der Waals surface area contributed by atoms with Gasteiger partial charge in [-0.2, -0.15) is 9.41 Å². The first kappa shape index (κ1) is 30.4. The molecule has 0 aliphatic carbocycles. The van der Waals surface area contributed by atoms with Gasteiger partial charge in [-0.15, -0.1) is 0 Å². The van der Waals surface area contributed by atoms with Gasteiger partial charge in [-0.1, -0.05) is 53.9 Å². The Bertz CT molecular complexity index is 1390. The summed E-state index contributed by atoms with van der Waals surface area (Å²) < 4.78 is 39.4. The van der Waals surface area contributed by atoms with E-state index in [4.69, 9.17) is 32.7 Å². The molecule has 0 saturated carbocycles. The van der Waals surface area contributed by atoms with Crippen LogP contribution in [0.15, 0.2) is 70.7 Å². The molecule has 8 nitrogen and oxygen atoms in total. The number of rotatable bonds is 13. The average Bonchev–Trinajstić information content (AvgIpc) is 2.90. The van der Waals surface area contributed by atoms with Crippen LogP contribution in [-0.4, -0.2) is 44.6 Å². The van der Waals surface area contributed by atoms with Crippen molar-refractivity contribution in [2.45, 2.75) is 38.6 Å². The van der Waals surface area contributed by atoms with Crippen LogP contribution in [-0.2, 0) is 21.4 Å². The third kappa shape index (κ3) is 8.44. The lowest BCUT2D eigenvalue weighted by Crippen LogP contribution is -2.39. The number of carbonyl (C=O) groups is 1. The van der Waals surface area contributed by atoms with Crippen LogP contribution in [0.1, 0.15) is 37.0 Å². The molecular formula is C28H31Cl2N3O5S. The Balaban J connectivity index is 1.79. The van der Waals surface area contributed by atoms with E-state index in [0.29, 0.717) is 45.9 Å². The standard InChI is InChI=1S/C28H31Cl2N3O5S/c1-4-15-38-26-14-11-21(16-27(26)37-5-2)17-31-32-28(34)19-33(18-23-24(29)7-6-8-25(23)30)39(35,36)22-12-9-20(3)10-13-22/h6-14,16-17H,4-5,15,18-19H2,1-3H3,(H,32,34)/b31-17-. The predicted molar refractivity (Wildman–Crippen MR) is 154 cm³/mol. The van der Waals surface area contributed by atoms with Crippen LogP contribution in [0.3, 0.4) is 0 Å². The van der Waals surface area contributed by atoms with Crippen molar-refractivity contribution in [2.75, 3.05) is 19.8 Å². The molecular weight excluding hydrogens is 561 g/mol. The van der Waals surface area contributed by atoms with Crippen LogP contribution in [0.2, 0.25) is 10.0 Å². The van der Waals surface area contributed by atoms with E-state index >= 15 is 0 Å². The Labute approximate surface area is 239 Å². The SMILES string of the molecule is CCCOc1ccc(/C=N\NC(=O)CN(Cc2c(Cl)cccc2Cl)S(=O)(=O)c2ccc(C)cc2)cc1OCC. The smallest absolute Gasteiger partial charge is 0.255 e. The van der Waals surface area contributed by atoms with Crippen LogP contribution in [0, 0.1) is 6.92 Å². The highest BCUT2D eigenvalue weighted by atomic mass is 35.5. The Morgan fingerprint density at radius 1 is 1.00 bits per heavy atom. The molecule has 11 heteroatoms. The molecule has 1 N–H and O–H groups in total. The van der Waals surface area contributed by atoms with Gasteiger partial charge in [0.15, 0.2) is 11.5 Å². The molecule has 208 valence electrons. The highest BCUT2D eigenvalue weighted by molar-refractivity contribution is 7.89. The van der Waals surface area contributed by atoms with Gasteiger partial charge in [0.05, 0.1) is 30.9 Å². The number of benzene rings is 3. The lowest BCUT2D eigenvalue weighted by Gasteiger charge is -2.22. The molecule has 0 unspecified atom stereocenters. The molecule has 0 aliphatic rings. The quantitative estimate of drug-likeness (QED) is 0.199. The lowest BCUT2D eigenvalue weighted by molar-refractivity contribution is -0.121. The fourth-order valence-corrected chi connectivity index (χ4v) is 5.41. The number of halogens is 2. The highest BCUT2D eigenvalue weighted by Gasteiger charge is 2.28. The van der Waals surface area contributed by atoms with Gasteiger partial charge in [0.1, 0.15) is 0 Å². The molecule has 0 radical (unpaired) electrons. The maximum atomic E-state index is 13.5. The summed E-state index contributed by atoms with van der Waals surface area (Å²) in [5.41, 5.74) is 4.35. The first-order valence-corrected chi connectivity index (χ1v) is 14.6. The second-order valence-electron chi connectivity index (χ2n) is 8.57. The summed E-state index contributed by atoms with van der Waals surface area (Å²) in [6.07, 6.45) is 2.30. The Kier molecular flexibility index (Phi) is 11.2. The molecule has 0 aromatic heterocycles. The van der Waals surface area contributed by atoms with Crippen molar-refractivity contribution in [2.24, 2.45) is 5.10 Å². The highest BCUT2D eigenvalue weighted by Crippen LogP contribution is 2.29. The second-order valence-corrected chi connectivity index (χ2v) is 11.3. The second kappa shape index (κ2) is 14.3. The molecule has 1 amide bonds. The van der Waals surface area contributed by atoms with E-state index in [9.17, 15) is 13.2 Å². The van der Waals surface area contributed by atoms with E-state index in [1.807, 2.05) is 20.8 Å². The minimum absolute atomic E-state index is 0.0430. The normalized spacial score (nSPS) is 11.6. The van der Waals surface area contributed by atoms with Gasteiger partial charge in [-0.25, -0.2) is 13.8 Å². The van der Waals surface area contributed by atoms with Gasteiger partial charge in [-0.05, 0) is 68.3 Å². The number of nitrogens with one attached hydrogen (secondary N) is 1. The number of hydrazone groups is 1. The van der Waals surface area contributed by atoms with Crippen molar-refractivity contribution in [1.29, 1.82) is 0 Å². The molecule has 0 spiro atoms. The van der Waals surface area contributed by atoms with Gasteiger partial charge >= 0.3 is 0 Å². The van der Waals surface area contributed by atoms with Gasteiger partial charge < -0.3 is 9.47 Å². The van der Waals surface area contributed by atoms with Crippen LogP contribution in [0.25, 0.3) is 0 Å². The third-order valence-corrected chi connectivity index (χ3v) is 8.02. The van der Waals surface area contributed by atoms with Gasteiger partial charge in [-0.3, -0.25) is 4.79 Å². The van der Waals surface area contributed by atoms with E-state index in [1.54, 1.807) is 48.5 Å². The topological polar surface area (TPSA) is 97.3 Å². The monoisotopic (exact) mass is 591 g/mol. The summed E-state index contributed by atoms with van der Waals surface area (Å²) in [6, 6.07) is 16.5. The molecule has 39 heavy (non-hydrogen) atoms. The average molecular weight is 593 g/mol. The van der Waals surface area contributed by atoms with Gasteiger partial charge in [0.25, 0.3) is 5.91 Å². The first-order chi connectivity index (χ1) is 18.6. The summed E-state index contributed by atoms with van der Waals surface area (Å²) in [5, 5.41) is 4.59. The molecule has 3 rings (SSSR count). The Morgan fingerprint density at radius 3 is 2.33 bits per heavy atom. The molecule has 0 aliphatic heterocycles. The van der Waals surface area contributed by atoms with E-state index < -0.39 is 22.5 Å². The Hall–Kier alpha value is -3.11. The van der Waals surface area contributed by atoms with Crippen LogP contribution in [0.5, 0.6) is 11.5 Å². The molecule has 0 fully saturated rings. The zero-order valence-corrected chi connectivity index (χ0v) is 24.3. The minimum Gasteiger partial charge on any atom is -0.490 e. The predicted octanol–water partition coefficient (Wildman–Crippen LogP) is 5.83. The van der Waals surface area contributed by atoms with Crippen molar-refractivity contribution in [3.8, 4) is 11.5 Å². The molecule has 0 bridgehead atoms. The molecule has 0 heterocycles. The van der Waals surface area contributed by atoms with Crippen LogP contribution in [0.4, 0.5) is 0 Å². The zero-order valence-electron chi connectivity index (χ0n) is 22.0. The van der Waals surface area contributed by atoms with E-state index in [2.05, 4.69) is 10.5 Å². The minimum atomic E-state index is -4.07. The summed E-state index contributed by atoms with van der Waals surface area (Å²) in [7, 11) is -4.07. The summed E-state index contributed by atoms with van der Waals surface area (Å²) >= 11 is 12.6. The number of ether oxygens (including phenoxy) is 2.